The number of Topliss-reactive ketones (excluding diaryl/α,β-unsaturated/α-hetero) is 1. The summed E-state index contributed by atoms with van der Waals surface area (Å²) in [6.07, 6.45) is 0. The Balaban J connectivity index is 2.04. The van der Waals surface area contributed by atoms with Gasteiger partial charge in [0.15, 0.2) is 5.78 Å². The Labute approximate surface area is 179 Å². The van der Waals surface area contributed by atoms with E-state index in [1.807, 2.05) is 0 Å². The lowest BCUT2D eigenvalue weighted by molar-refractivity contribution is 0.101. The van der Waals surface area contributed by atoms with Crippen molar-refractivity contribution in [2.75, 3.05) is 5.88 Å². The molecule has 29 heavy (non-hydrogen) atoms. The largest absolute Gasteiger partial charge is 0.352 e. The first kappa shape index (κ1) is 21.4. The van der Waals surface area contributed by atoms with Crippen LogP contribution < -0.4 is 0 Å². The van der Waals surface area contributed by atoms with Crippen LogP contribution >= 0.6 is 11.6 Å². The summed E-state index contributed by atoms with van der Waals surface area (Å²) in [5.74, 6) is -0.144. The summed E-state index contributed by atoms with van der Waals surface area (Å²) in [5, 5.41) is 0. The van der Waals surface area contributed by atoms with E-state index in [2.05, 4.69) is 101 Å². The molecule has 3 rings (SSSR count). The minimum atomic E-state index is -0.0980. The number of aromatic nitrogens is 1. The molecule has 0 atom stereocenters. The zero-order valence-corrected chi connectivity index (χ0v) is 18.9. The standard InChI is InChI=1S/C26H30ClNO/c1-25(2,3)19-11-7-17(8-12-19)21-15-22(28-24(21)23(29)16-27)18-9-13-20(14-10-18)26(4,5)6/h7-15,28H,16H2,1-6H3. The molecule has 3 aromatic rings. The van der Waals surface area contributed by atoms with Crippen molar-refractivity contribution in [2.45, 2.75) is 52.4 Å². The molecule has 0 saturated carbocycles. The van der Waals surface area contributed by atoms with Gasteiger partial charge in [0.05, 0.1) is 11.6 Å². The maximum Gasteiger partial charge on any atom is 0.194 e. The number of carbonyl (C=O) groups is 1. The minimum absolute atomic E-state index is 0.0456. The monoisotopic (exact) mass is 407 g/mol. The summed E-state index contributed by atoms with van der Waals surface area (Å²) in [4.78, 5) is 15.8. The van der Waals surface area contributed by atoms with Gasteiger partial charge in [-0.3, -0.25) is 4.79 Å². The summed E-state index contributed by atoms with van der Waals surface area (Å²) in [7, 11) is 0. The molecule has 0 bridgehead atoms. The summed E-state index contributed by atoms with van der Waals surface area (Å²) >= 11 is 5.89. The number of hydrogen-bond donors (Lipinski definition) is 1. The van der Waals surface area contributed by atoms with E-state index in [1.165, 1.54) is 11.1 Å². The van der Waals surface area contributed by atoms with Crippen LogP contribution in [0.5, 0.6) is 0 Å². The third-order valence-corrected chi connectivity index (χ3v) is 5.58. The van der Waals surface area contributed by atoms with Crippen LogP contribution in [0.4, 0.5) is 0 Å². The van der Waals surface area contributed by atoms with Gasteiger partial charge < -0.3 is 4.98 Å². The van der Waals surface area contributed by atoms with Crippen molar-refractivity contribution in [3.63, 3.8) is 0 Å². The van der Waals surface area contributed by atoms with Crippen LogP contribution in [0.25, 0.3) is 22.4 Å². The number of nitrogens with one attached hydrogen (secondary N) is 1. The lowest BCUT2D eigenvalue weighted by Crippen LogP contribution is -2.10. The van der Waals surface area contributed by atoms with Crippen molar-refractivity contribution >= 4 is 17.4 Å². The Morgan fingerprint density at radius 1 is 0.793 bits per heavy atom. The van der Waals surface area contributed by atoms with Gasteiger partial charge in [0.1, 0.15) is 0 Å². The molecule has 0 radical (unpaired) electrons. The van der Waals surface area contributed by atoms with Crippen LogP contribution in [-0.2, 0) is 10.8 Å². The molecule has 0 unspecified atom stereocenters. The van der Waals surface area contributed by atoms with Gasteiger partial charge in [-0.1, -0.05) is 90.1 Å². The first-order chi connectivity index (χ1) is 13.5. The molecule has 0 fully saturated rings. The third-order valence-electron chi connectivity index (χ3n) is 5.34. The number of ketones is 1. The highest BCUT2D eigenvalue weighted by molar-refractivity contribution is 6.31. The van der Waals surface area contributed by atoms with Gasteiger partial charge in [-0.2, -0.15) is 0 Å². The van der Waals surface area contributed by atoms with Crippen LogP contribution in [0.15, 0.2) is 54.6 Å². The zero-order chi connectivity index (χ0) is 21.4. The Bertz CT molecular complexity index is 997. The predicted molar refractivity (Wildman–Crippen MR) is 124 cm³/mol. The van der Waals surface area contributed by atoms with Crippen LogP contribution in [-0.4, -0.2) is 16.6 Å². The van der Waals surface area contributed by atoms with Crippen molar-refractivity contribution in [3.8, 4) is 22.4 Å². The second kappa shape index (κ2) is 7.84. The number of H-pyrrole nitrogens is 1. The van der Waals surface area contributed by atoms with E-state index in [1.54, 1.807) is 0 Å². The van der Waals surface area contributed by atoms with Gasteiger partial charge >= 0.3 is 0 Å². The topological polar surface area (TPSA) is 32.9 Å². The molecular formula is C26H30ClNO. The van der Waals surface area contributed by atoms with Gasteiger partial charge in [0.2, 0.25) is 0 Å². The van der Waals surface area contributed by atoms with Crippen molar-refractivity contribution < 1.29 is 4.79 Å². The number of halogens is 1. The number of carbonyl (C=O) groups excluding carboxylic acids is 1. The number of hydrogen-bond acceptors (Lipinski definition) is 1. The lowest BCUT2D eigenvalue weighted by Gasteiger charge is -2.19. The first-order valence-corrected chi connectivity index (χ1v) is 10.6. The van der Waals surface area contributed by atoms with Crippen LogP contribution in [0.2, 0.25) is 0 Å². The normalized spacial score (nSPS) is 12.2. The molecule has 0 aliphatic carbocycles. The van der Waals surface area contributed by atoms with E-state index < -0.39 is 0 Å². The molecule has 0 spiro atoms. The molecule has 0 saturated heterocycles. The van der Waals surface area contributed by atoms with E-state index >= 15 is 0 Å². The molecular weight excluding hydrogens is 378 g/mol. The van der Waals surface area contributed by atoms with Gasteiger partial charge in [-0.15, -0.1) is 11.6 Å². The quantitative estimate of drug-likeness (QED) is 0.355. The van der Waals surface area contributed by atoms with Crippen molar-refractivity contribution in [1.29, 1.82) is 0 Å². The Hall–Kier alpha value is -2.32. The molecule has 1 aromatic heterocycles. The zero-order valence-electron chi connectivity index (χ0n) is 18.2. The third kappa shape index (κ3) is 4.64. The van der Waals surface area contributed by atoms with E-state index in [-0.39, 0.29) is 22.5 Å². The fraction of sp³-hybridized carbons (Fsp3) is 0.346. The Morgan fingerprint density at radius 2 is 1.24 bits per heavy atom. The van der Waals surface area contributed by atoms with Crippen LogP contribution in [0, 0.1) is 0 Å². The Morgan fingerprint density at radius 3 is 1.66 bits per heavy atom. The van der Waals surface area contributed by atoms with Gasteiger partial charge in [-0.05, 0) is 39.2 Å². The molecule has 1 N–H and O–H groups in total. The maximum absolute atomic E-state index is 12.5. The molecule has 1 heterocycles. The second-order valence-corrected chi connectivity index (χ2v) is 9.95. The van der Waals surface area contributed by atoms with Crippen molar-refractivity contribution in [3.05, 3.63) is 71.4 Å². The predicted octanol–water partition coefficient (Wildman–Crippen LogP) is 7.37. The summed E-state index contributed by atoms with van der Waals surface area (Å²) < 4.78 is 0. The van der Waals surface area contributed by atoms with Crippen LogP contribution in [0.3, 0.4) is 0 Å². The van der Waals surface area contributed by atoms with Gasteiger partial charge in [-0.25, -0.2) is 0 Å². The molecule has 152 valence electrons. The average molecular weight is 408 g/mol. The summed E-state index contributed by atoms with van der Waals surface area (Å²) in [6, 6.07) is 19.0. The van der Waals surface area contributed by atoms with Crippen LogP contribution in [0.1, 0.15) is 63.2 Å². The minimum Gasteiger partial charge on any atom is -0.352 e. The smallest absolute Gasteiger partial charge is 0.194 e. The molecule has 2 nitrogen and oxygen atoms in total. The SMILES string of the molecule is CC(C)(C)c1ccc(-c2cc(-c3ccc(C(C)(C)C)cc3)c(C(=O)CCl)[nH]2)cc1. The number of aromatic amines is 1. The highest BCUT2D eigenvalue weighted by atomic mass is 35.5. The highest BCUT2D eigenvalue weighted by Gasteiger charge is 2.19. The molecule has 3 heteroatoms. The van der Waals surface area contributed by atoms with E-state index in [9.17, 15) is 4.79 Å². The summed E-state index contributed by atoms with van der Waals surface area (Å²) in [6.45, 7) is 13.2. The average Bonchev–Trinajstić information content (AvgIpc) is 3.11. The lowest BCUT2D eigenvalue weighted by atomic mass is 9.86. The second-order valence-electron chi connectivity index (χ2n) is 9.68. The van der Waals surface area contributed by atoms with Crippen molar-refractivity contribution in [2.24, 2.45) is 0 Å². The number of benzene rings is 2. The maximum atomic E-state index is 12.5. The Kier molecular flexibility index (Phi) is 5.78. The van der Waals surface area contributed by atoms with E-state index in [0.717, 1.165) is 22.4 Å². The van der Waals surface area contributed by atoms with E-state index in [4.69, 9.17) is 11.6 Å². The molecule has 0 aliphatic rings. The molecule has 0 amide bonds. The number of alkyl halides is 1. The van der Waals surface area contributed by atoms with Gasteiger partial charge in [0.25, 0.3) is 0 Å². The van der Waals surface area contributed by atoms with Gasteiger partial charge in [0, 0.05) is 11.3 Å². The number of rotatable bonds is 4. The molecule has 2 aromatic carbocycles. The first-order valence-electron chi connectivity index (χ1n) is 10.0. The fourth-order valence-electron chi connectivity index (χ4n) is 3.42. The van der Waals surface area contributed by atoms with Crippen molar-refractivity contribution in [1.82, 2.24) is 4.98 Å². The highest BCUT2D eigenvalue weighted by Crippen LogP contribution is 2.33. The fourth-order valence-corrected chi connectivity index (χ4v) is 3.56. The van der Waals surface area contributed by atoms with E-state index in [0.29, 0.717) is 5.69 Å². The molecule has 0 aliphatic heterocycles. The summed E-state index contributed by atoms with van der Waals surface area (Å²) in [5.41, 5.74) is 7.19.